The Bertz CT molecular complexity index is 385. The number of aryl methyl sites for hydroxylation is 2. The lowest BCUT2D eigenvalue weighted by Gasteiger charge is -2.18. The highest BCUT2D eigenvalue weighted by atomic mass is 16.2. The van der Waals surface area contributed by atoms with E-state index in [9.17, 15) is 4.79 Å². The summed E-state index contributed by atoms with van der Waals surface area (Å²) in [6.07, 6.45) is 2.11. The van der Waals surface area contributed by atoms with E-state index >= 15 is 0 Å². The molecule has 0 saturated carbocycles. The fourth-order valence-corrected chi connectivity index (χ4v) is 2.17. The highest BCUT2D eigenvalue weighted by Gasteiger charge is 2.20. The molecule has 0 radical (unpaired) electrons. The van der Waals surface area contributed by atoms with E-state index in [1.807, 2.05) is 37.8 Å². The summed E-state index contributed by atoms with van der Waals surface area (Å²) in [5.74, 6) is 0.199. The molecule has 1 amide bonds. The number of hydrogen-bond donors (Lipinski definition) is 0. The second kappa shape index (κ2) is 6.43. The molecule has 2 nitrogen and oxygen atoms in total. The Morgan fingerprint density at radius 1 is 1.29 bits per heavy atom. The molecule has 0 atom stereocenters. The van der Waals surface area contributed by atoms with Crippen molar-refractivity contribution >= 4 is 5.91 Å². The molecule has 0 aliphatic carbocycles. The zero-order valence-corrected chi connectivity index (χ0v) is 11.4. The summed E-state index contributed by atoms with van der Waals surface area (Å²) in [4.78, 5) is 14.0. The lowest BCUT2D eigenvalue weighted by atomic mass is 10.0. The Labute approximate surface area is 105 Å². The van der Waals surface area contributed by atoms with Crippen LogP contribution in [-0.4, -0.2) is 23.9 Å². The van der Waals surface area contributed by atoms with Gasteiger partial charge in [-0.05, 0) is 38.3 Å². The Morgan fingerprint density at radius 3 is 2.65 bits per heavy atom. The average Bonchev–Trinajstić information content (AvgIpc) is 2.51. The minimum Gasteiger partial charge on any atom is -0.339 e. The number of carbonyl (C=O) groups excluding carboxylic acids is 1. The van der Waals surface area contributed by atoms with Gasteiger partial charge in [-0.1, -0.05) is 31.5 Å². The maximum atomic E-state index is 12.1. The Balaban J connectivity index is 0.000000686. The van der Waals surface area contributed by atoms with Crippen LogP contribution < -0.4 is 0 Å². The van der Waals surface area contributed by atoms with Crippen LogP contribution in [-0.2, 0) is 6.42 Å². The van der Waals surface area contributed by atoms with Crippen molar-refractivity contribution < 1.29 is 4.79 Å². The second-order valence-corrected chi connectivity index (χ2v) is 4.15. The van der Waals surface area contributed by atoms with Crippen molar-refractivity contribution in [2.45, 2.75) is 40.5 Å². The molecule has 2 rings (SSSR count). The molecule has 0 fully saturated rings. The third-order valence-electron chi connectivity index (χ3n) is 3.03. The summed E-state index contributed by atoms with van der Waals surface area (Å²) >= 11 is 0. The van der Waals surface area contributed by atoms with Crippen LogP contribution >= 0.6 is 0 Å². The summed E-state index contributed by atoms with van der Waals surface area (Å²) in [5.41, 5.74) is 3.36. The van der Waals surface area contributed by atoms with Crippen LogP contribution in [0.5, 0.6) is 0 Å². The summed E-state index contributed by atoms with van der Waals surface area (Å²) in [6.45, 7) is 9.82. The van der Waals surface area contributed by atoms with Crippen LogP contribution in [0.3, 0.4) is 0 Å². The fourth-order valence-electron chi connectivity index (χ4n) is 2.17. The van der Waals surface area contributed by atoms with Gasteiger partial charge >= 0.3 is 0 Å². The van der Waals surface area contributed by atoms with E-state index in [0.29, 0.717) is 0 Å². The van der Waals surface area contributed by atoms with Crippen LogP contribution in [0.2, 0.25) is 0 Å². The van der Waals surface area contributed by atoms with Crippen molar-refractivity contribution in [1.82, 2.24) is 4.90 Å². The smallest absolute Gasteiger partial charge is 0.254 e. The molecule has 0 spiro atoms. The van der Waals surface area contributed by atoms with Gasteiger partial charge < -0.3 is 4.90 Å². The molecular weight excluding hydrogens is 210 g/mol. The van der Waals surface area contributed by atoms with Gasteiger partial charge in [0.25, 0.3) is 5.91 Å². The number of carbonyl (C=O) groups is 1. The van der Waals surface area contributed by atoms with Gasteiger partial charge in [0, 0.05) is 18.7 Å². The monoisotopic (exact) mass is 233 g/mol. The molecule has 0 unspecified atom stereocenters. The molecule has 1 aromatic carbocycles. The Hall–Kier alpha value is -1.31. The van der Waals surface area contributed by atoms with E-state index in [0.717, 1.165) is 31.5 Å². The Kier molecular flexibility index (Phi) is 5.20. The quantitative estimate of drug-likeness (QED) is 0.727. The maximum absolute atomic E-state index is 12.1. The van der Waals surface area contributed by atoms with Crippen LogP contribution in [0, 0.1) is 6.92 Å². The van der Waals surface area contributed by atoms with Crippen molar-refractivity contribution in [3.63, 3.8) is 0 Å². The first kappa shape index (κ1) is 13.8. The van der Waals surface area contributed by atoms with E-state index < -0.39 is 0 Å². The minimum absolute atomic E-state index is 0.199. The van der Waals surface area contributed by atoms with Crippen molar-refractivity contribution in [3.8, 4) is 0 Å². The zero-order valence-electron chi connectivity index (χ0n) is 11.4. The number of nitrogens with zero attached hydrogens (tertiary/aromatic N) is 1. The molecule has 17 heavy (non-hydrogen) atoms. The normalized spacial score (nSPS) is 14.6. The molecule has 1 heterocycles. The van der Waals surface area contributed by atoms with E-state index in [2.05, 4.69) is 13.0 Å². The van der Waals surface area contributed by atoms with Crippen molar-refractivity contribution in [1.29, 1.82) is 0 Å². The number of rotatable bonds is 1. The number of fused-ring (bicyclic) bond motifs is 1. The largest absolute Gasteiger partial charge is 0.339 e. The lowest BCUT2D eigenvalue weighted by Crippen LogP contribution is -2.30. The van der Waals surface area contributed by atoms with Crippen LogP contribution in [0.1, 0.15) is 48.7 Å². The van der Waals surface area contributed by atoms with Gasteiger partial charge in [0.15, 0.2) is 0 Å². The molecule has 0 saturated heterocycles. The predicted molar refractivity (Wildman–Crippen MR) is 72.4 cm³/mol. The topological polar surface area (TPSA) is 20.3 Å². The number of hydrogen-bond acceptors (Lipinski definition) is 1. The van der Waals surface area contributed by atoms with Crippen molar-refractivity contribution in [2.24, 2.45) is 0 Å². The van der Waals surface area contributed by atoms with Gasteiger partial charge in [-0.3, -0.25) is 4.79 Å². The second-order valence-electron chi connectivity index (χ2n) is 4.15. The van der Waals surface area contributed by atoms with Gasteiger partial charge in [-0.15, -0.1) is 0 Å². The van der Waals surface area contributed by atoms with Gasteiger partial charge in [0.05, 0.1) is 0 Å². The molecular formula is C15H23NO. The minimum atomic E-state index is 0.199. The number of amides is 1. The highest BCUT2D eigenvalue weighted by molar-refractivity contribution is 5.96. The molecule has 1 aliphatic heterocycles. The standard InChI is InChI=1S/C13H17NO.C2H6/c1-3-14-8-4-5-11-9-10(2)6-7-12(11)13(14)15;1-2/h6-7,9H,3-5,8H2,1-2H3;1-2H3. The summed E-state index contributed by atoms with van der Waals surface area (Å²) < 4.78 is 0. The average molecular weight is 233 g/mol. The zero-order chi connectivity index (χ0) is 12.8. The van der Waals surface area contributed by atoms with E-state index in [1.165, 1.54) is 11.1 Å². The first-order chi connectivity index (χ1) is 8.22. The molecule has 0 N–H and O–H groups in total. The van der Waals surface area contributed by atoms with Gasteiger partial charge in [-0.25, -0.2) is 0 Å². The molecule has 0 aromatic heterocycles. The predicted octanol–water partition coefficient (Wildman–Crippen LogP) is 3.43. The maximum Gasteiger partial charge on any atom is 0.254 e. The van der Waals surface area contributed by atoms with Gasteiger partial charge in [0.1, 0.15) is 0 Å². The lowest BCUT2D eigenvalue weighted by molar-refractivity contribution is 0.0770. The van der Waals surface area contributed by atoms with Crippen LogP contribution in [0.15, 0.2) is 18.2 Å². The first-order valence-electron chi connectivity index (χ1n) is 6.61. The first-order valence-corrected chi connectivity index (χ1v) is 6.61. The fraction of sp³-hybridized carbons (Fsp3) is 0.533. The van der Waals surface area contributed by atoms with Gasteiger partial charge in [0.2, 0.25) is 0 Å². The van der Waals surface area contributed by atoms with Crippen LogP contribution in [0.25, 0.3) is 0 Å². The molecule has 1 aliphatic rings. The van der Waals surface area contributed by atoms with Gasteiger partial charge in [-0.2, -0.15) is 0 Å². The summed E-state index contributed by atoms with van der Waals surface area (Å²) in [6, 6.07) is 6.14. The summed E-state index contributed by atoms with van der Waals surface area (Å²) in [5, 5.41) is 0. The summed E-state index contributed by atoms with van der Waals surface area (Å²) in [7, 11) is 0. The third-order valence-corrected chi connectivity index (χ3v) is 3.03. The van der Waals surface area contributed by atoms with Crippen molar-refractivity contribution in [2.75, 3.05) is 13.1 Å². The SMILES string of the molecule is CC.CCN1CCCc2cc(C)ccc2C1=O. The van der Waals surface area contributed by atoms with Crippen LogP contribution in [0.4, 0.5) is 0 Å². The van der Waals surface area contributed by atoms with E-state index in [1.54, 1.807) is 0 Å². The number of benzene rings is 1. The molecule has 94 valence electrons. The van der Waals surface area contributed by atoms with Crippen molar-refractivity contribution in [3.05, 3.63) is 34.9 Å². The molecule has 0 bridgehead atoms. The molecule has 1 aromatic rings. The Morgan fingerprint density at radius 2 is 2.00 bits per heavy atom. The van der Waals surface area contributed by atoms with E-state index in [4.69, 9.17) is 0 Å². The molecule has 2 heteroatoms. The highest BCUT2D eigenvalue weighted by Crippen LogP contribution is 2.19. The third kappa shape index (κ3) is 3.09. The van der Waals surface area contributed by atoms with E-state index in [-0.39, 0.29) is 5.91 Å².